The van der Waals surface area contributed by atoms with Crippen LogP contribution in [0.4, 0.5) is 17.1 Å². The van der Waals surface area contributed by atoms with Crippen molar-refractivity contribution in [1.82, 2.24) is 0 Å². The molecule has 202 valence electrons. The lowest BCUT2D eigenvalue weighted by Crippen LogP contribution is -2.11. The fourth-order valence-corrected chi connectivity index (χ4v) is 8.85. The third kappa shape index (κ3) is 3.97. The van der Waals surface area contributed by atoms with Crippen LogP contribution in [0.5, 0.6) is 0 Å². The highest BCUT2D eigenvalue weighted by molar-refractivity contribution is 7.27. The second-order valence-electron chi connectivity index (χ2n) is 10.9. The molecule has 2 aromatic heterocycles. The number of para-hydroxylation sites is 1. The lowest BCUT2D eigenvalue weighted by molar-refractivity contribution is 1.30. The monoisotopic (exact) mass is 583 g/mol. The van der Waals surface area contributed by atoms with Crippen LogP contribution in [0.1, 0.15) is 0 Å². The summed E-state index contributed by atoms with van der Waals surface area (Å²) in [6.07, 6.45) is 0. The number of fused-ring (bicyclic) bond motifs is 8. The second-order valence-corrected chi connectivity index (χ2v) is 13.1. The molecule has 0 atom stereocenters. The summed E-state index contributed by atoms with van der Waals surface area (Å²) in [5.41, 5.74) is 5.91. The molecule has 0 aliphatic rings. The van der Waals surface area contributed by atoms with Gasteiger partial charge in [-0.25, -0.2) is 0 Å². The van der Waals surface area contributed by atoms with Crippen LogP contribution in [-0.2, 0) is 0 Å². The first-order chi connectivity index (χ1) is 21.3. The Morgan fingerprint density at radius 3 is 1.84 bits per heavy atom. The van der Waals surface area contributed by atoms with E-state index in [0.29, 0.717) is 0 Å². The zero-order chi connectivity index (χ0) is 28.3. The van der Waals surface area contributed by atoms with Crippen LogP contribution in [0, 0.1) is 0 Å². The molecule has 0 bridgehead atoms. The molecule has 1 nitrogen and oxygen atoms in total. The minimum atomic E-state index is 1.16. The van der Waals surface area contributed by atoms with E-state index in [1.807, 2.05) is 22.7 Å². The lowest BCUT2D eigenvalue weighted by atomic mass is 10.0. The molecule has 9 rings (SSSR count). The van der Waals surface area contributed by atoms with E-state index in [2.05, 4.69) is 157 Å². The molecule has 3 heteroatoms. The fraction of sp³-hybridized carbons (Fsp3) is 0. The fourth-order valence-electron chi connectivity index (χ4n) is 6.44. The van der Waals surface area contributed by atoms with Gasteiger partial charge in [0.05, 0.1) is 5.69 Å². The number of thiophene rings is 2. The Kier molecular flexibility index (Phi) is 5.62. The van der Waals surface area contributed by atoms with Gasteiger partial charge in [-0.05, 0) is 52.7 Å². The Hall–Kier alpha value is -4.96. The van der Waals surface area contributed by atoms with Crippen LogP contribution < -0.4 is 4.90 Å². The number of anilines is 3. The molecule has 0 spiro atoms. The Bertz CT molecular complexity index is 2470. The van der Waals surface area contributed by atoms with Crippen molar-refractivity contribution < 1.29 is 0 Å². The quantitative estimate of drug-likeness (QED) is 0.199. The summed E-state index contributed by atoms with van der Waals surface area (Å²) in [6.45, 7) is 0. The normalized spacial score (nSPS) is 11.7. The summed E-state index contributed by atoms with van der Waals surface area (Å²) in [5, 5.41) is 7.89. The Morgan fingerprint density at radius 1 is 0.395 bits per heavy atom. The van der Waals surface area contributed by atoms with Gasteiger partial charge in [0.25, 0.3) is 0 Å². The van der Waals surface area contributed by atoms with Crippen LogP contribution in [0.15, 0.2) is 152 Å². The van der Waals surface area contributed by atoms with Gasteiger partial charge < -0.3 is 4.90 Å². The van der Waals surface area contributed by atoms with Crippen molar-refractivity contribution >= 4 is 90.9 Å². The lowest BCUT2D eigenvalue weighted by Gasteiger charge is -2.28. The van der Waals surface area contributed by atoms with Crippen LogP contribution in [0.25, 0.3) is 62.2 Å². The van der Waals surface area contributed by atoms with E-state index >= 15 is 0 Å². The maximum absolute atomic E-state index is 2.44. The molecule has 43 heavy (non-hydrogen) atoms. The SMILES string of the molecule is c1ccc(-c2ccccc2N(c2ccc3c(c2)sc2ccccc23)c2ccc3c(c2)sc2c4ccccc4ccc32)cc1. The molecule has 0 N–H and O–H groups in total. The number of hydrogen-bond donors (Lipinski definition) is 0. The maximum Gasteiger partial charge on any atom is 0.0540 e. The van der Waals surface area contributed by atoms with Gasteiger partial charge in [0.15, 0.2) is 0 Å². The van der Waals surface area contributed by atoms with Crippen molar-refractivity contribution in [2.45, 2.75) is 0 Å². The molecule has 7 aromatic carbocycles. The van der Waals surface area contributed by atoms with Gasteiger partial charge >= 0.3 is 0 Å². The molecule has 0 aliphatic carbocycles. The van der Waals surface area contributed by atoms with Gasteiger partial charge in [0, 0.05) is 57.3 Å². The van der Waals surface area contributed by atoms with Crippen molar-refractivity contribution in [2.75, 3.05) is 4.90 Å². The molecule has 0 saturated carbocycles. The van der Waals surface area contributed by atoms with E-state index < -0.39 is 0 Å². The molecule has 2 heterocycles. The predicted molar refractivity (Wildman–Crippen MR) is 190 cm³/mol. The van der Waals surface area contributed by atoms with E-state index in [-0.39, 0.29) is 0 Å². The first-order valence-electron chi connectivity index (χ1n) is 14.5. The van der Waals surface area contributed by atoms with Gasteiger partial charge in [-0.15, -0.1) is 22.7 Å². The van der Waals surface area contributed by atoms with Gasteiger partial charge in [0.1, 0.15) is 0 Å². The minimum absolute atomic E-state index is 1.16. The predicted octanol–water partition coefficient (Wildman–Crippen LogP) is 12.7. The molecular formula is C40H25NS2. The number of benzene rings is 7. The minimum Gasteiger partial charge on any atom is -0.310 e. The van der Waals surface area contributed by atoms with Crippen LogP contribution >= 0.6 is 22.7 Å². The zero-order valence-electron chi connectivity index (χ0n) is 23.2. The molecule has 0 saturated heterocycles. The van der Waals surface area contributed by atoms with Crippen molar-refractivity contribution in [1.29, 1.82) is 0 Å². The number of nitrogens with zero attached hydrogens (tertiary/aromatic N) is 1. The molecule has 0 amide bonds. The van der Waals surface area contributed by atoms with E-state index in [1.54, 1.807) is 0 Å². The van der Waals surface area contributed by atoms with E-state index in [9.17, 15) is 0 Å². The molecular weight excluding hydrogens is 559 g/mol. The van der Waals surface area contributed by atoms with Crippen molar-refractivity contribution in [2.24, 2.45) is 0 Å². The van der Waals surface area contributed by atoms with Gasteiger partial charge in [-0.1, -0.05) is 115 Å². The average Bonchev–Trinajstić information content (AvgIpc) is 3.63. The largest absolute Gasteiger partial charge is 0.310 e. The van der Waals surface area contributed by atoms with Crippen molar-refractivity contribution in [3.8, 4) is 11.1 Å². The first-order valence-corrected chi connectivity index (χ1v) is 16.1. The second kappa shape index (κ2) is 9.81. The maximum atomic E-state index is 2.44. The number of hydrogen-bond acceptors (Lipinski definition) is 3. The van der Waals surface area contributed by atoms with Crippen LogP contribution in [0.2, 0.25) is 0 Å². The zero-order valence-corrected chi connectivity index (χ0v) is 24.8. The summed E-state index contributed by atoms with van der Waals surface area (Å²) in [7, 11) is 0. The topological polar surface area (TPSA) is 3.24 Å². The summed E-state index contributed by atoms with van der Waals surface area (Å²) in [5.74, 6) is 0. The third-order valence-corrected chi connectivity index (χ3v) is 10.8. The summed E-state index contributed by atoms with van der Waals surface area (Å²) < 4.78 is 5.28. The van der Waals surface area contributed by atoms with Crippen LogP contribution in [0.3, 0.4) is 0 Å². The standard InChI is InChI=1S/C40H25NS2/c1-2-10-26(11-3-1)30-13-6-8-16-36(30)41(28-19-22-33-32-15-7-9-17-37(32)42-38(33)24-28)29-20-23-34-35-21-18-27-12-4-5-14-31(27)40(35)43-39(34)25-29/h1-25H. The third-order valence-electron chi connectivity index (χ3n) is 8.46. The smallest absolute Gasteiger partial charge is 0.0540 e. The highest BCUT2D eigenvalue weighted by Crippen LogP contribution is 2.46. The number of rotatable bonds is 4. The van der Waals surface area contributed by atoms with Gasteiger partial charge in [-0.3, -0.25) is 0 Å². The summed E-state index contributed by atoms with van der Waals surface area (Å²) >= 11 is 3.76. The highest BCUT2D eigenvalue weighted by Gasteiger charge is 2.19. The molecule has 9 aromatic rings. The van der Waals surface area contributed by atoms with E-state index in [1.165, 1.54) is 67.9 Å². The van der Waals surface area contributed by atoms with E-state index in [0.717, 1.165) is 11.4 Å². The van der Waals surface area contributed by atoms with E-state index in [4.69, 9.17) is 0 Å². The van der Waals surface area contributed by atoms with Crippen molar-refractivity contribution in [3.05, 3.63) is 152 Å². The van der Waals surface area contributed by atoms with Gasteiger partial charge in [-0.2, -0.15) is 0 Å². The molecule has 0 radical (unpaired) electrons. The Balaban J connectivity index is 1.30. The van der Waals surface area contributed by atoms with Crippen molar-refractivity contribution in [3.63, 3.8) is 0 Å². The molecule has 0 fully saturated rings. The summed E-state index contributed by atoms with van der Waals surface area (Å²) in [6, 6.07) is 55.4. The highest BCUT2D eigenvalue weighted by atomic mass is 32.1. The first kappa shape index (κ1) is 24.6. The van der Waals surface area contributed by atoms with Crippen LogP contribution in [-0.4, -0.2) is 0 Å². The summed E-state index contributed by atoms with van der Waals surface area (Å²) in [4.78, 5) is 2.44. The molecule has 0 unspecified atom stereocenters. The van der Waals surface area contributed by atoms with Gasteiger partial charge in [0.2, 0.25) is 0 Å². The Morgan fingerprint density at radius 2 is 1.00 bits per heavy atom. The average molecular weight is 584 g/mol. The Labute approximate surface area is 257 Å². The molecule has 0 aliphatic heterocycles.